The second-order valence-electron chi connectivity index (χ2n) is 0. The Morgan fingerprint density at radius 1 is 0.375 bits per heavy atom. The predicted molar refractivity (Wildman–Crippen MR) is 5.28 cm³/mol. The van der Waals surface area contributed by atoms with Gasteiger partial charge in [-0.25, -0.2) is 0 Å². The molecule has 0 aromatic rings. The molecule has 63 valence electrons. The smallest absolute Gasteiger partial charge is 0 e. The van der Waals surface area contributed by atoms with E-state index < -0.39 is 0 Å². The summed E-state index contributed by atoms with van der Waals surface area (Å²) < 4.78 is 0. The van der Waals surface area contributed by atoms with Gasteiger partial charge in [0.2, 0.25) is 0 Å². The summed E-state index contributed by atoms with van der Waals surface area (Å²) in [7, 11) is 0. The van der Waals surface area contributed by atoms with Gasteiger partial charge in [0, 0.05) is 20.4 Å². The Balaban J connectivity index is 0. The summed E-state index contributed by atoms with van der Waals surface area (Å²) in [5.41, 5.74) is 0. The van der Waals surface area contributed by atoms with Crippen LogP contribution in [0.15, 0.2) is 0 Å². The maximum absolute atomic E-state index is 0. The molecule has 0 amide bonds. The van der Waals surface area contributed by atoms with E-state index in [1.807, 2.05) is 0 Å². The van der Waals surface area contributed by atoms with Gasteiger partial charge in [0.25, 0.3) is 0 Å². The van der Waals surface area contributed by atoms with Crippen molar-refractivity contribution in [2.75, 3.05) is 0 Å². The second-order valence-corrected chi connectivity index (χ2v) is 0. The number of hydrogen-bond acceptors (Lipinski definition) is 0. The van der Waals surface area contributed by atoms with Crippen LogP contribution in [0.2, 0.25) is 0 Å². The SMILES string of the molecule is [Cl-].[Cl-].[Cl-].[Cl-].[Cl-].[Cl-].[NH2-].[Re]. The fourth-order valence-electron chi connectivity index (χ4n) is 0. The van der Waals surface area contributed by atoms with E-state index in [2.05, 4.69) is 0 Å². The van der Waals surface area contributed by atoms with Crippen molar-refractivity contribution >= 4 is 0 Å². The van der Waals surface area contributed by atoms with Crippen LogP contribution in [0.4, 0.5) is 0 Å². The second kappa shape index (κ2) is 117. The molecule has 1 radical (unpaired) electrons. The first-order chi connectivity index (χ1) is 0. The minimum Gasteiger partial charge on any atom is -1.00 e. The van der Waals surface area contributed by atoms with Gasteiger partial charge in [-0.1, -0.05) is 0 Å². The van der Waals surface area contributed by atoms with Crippen molar-refractivity contribution < 1.29 is 94.9 Å². The molecule has 8 heteroatoms. The van der Waals surface area contributed by atoms with E-state index in [1.165, 1.54) is 0 Å². The van der Waals surface area contributed by atoms with Crippen LogP contribution in [0.3, 0.4) is 0 Å². The molecule has 8 heavy (non-hydrogen) atoms. The van der Waals surface area contributed by atoms with Gasteiger partial charge in [-0.05, 0) is 0 Å². The predicted octanol–water partition coefficient (Wildman–Crippen LogP) is -17.3. The van der Waals surface area contributed by atoms with E-state index in [9.17, 15) is 0 Å². The van der Waals surface area contributed by atoms with E-state index in [0.717, 1.165) is 0 Å². The average molecular weight is 415 g/mol. The van der Waals surface area contributed by atoms with E-state index in [-0.39, 0.29) is 101 Å². The van der Waals surface area contributed by atoms with Crippen LogP contribution in [0.1, 0.15) is 0 Å². The zero-order valence-corrected chi connectivity index (χ0v) is 10.5. The van der Waals surface area contributed by atoms with E-state index in [4.69, 9.17) is 0 Å². The Labute approximate surface area is 100 Å². The fraction of sp³-hybridized carbons (Fsp3) is 0. The van der Waals surface area contributed by atoms with Crippen molar-refractivity contribution in [3.8, 4) is 0 Å². The maximum atomic E-state index is 0. The topological polar surface area (TPSA) is 33.5 Å². The van der Waals surface area contributed by atoms with Crippen LogP contribution in [0.25, 0.3) is 6.15 Å². The molecule has 0 saturated carbocycles. The molecular formula is H2Cl6NRe-7. The van der Waals surface area contributed by atoms with Crippen LogP contribution in [0, 0.1) is 0 Å². The third-order valence-electron chi connectivity index (χ3n) is 0. The molecule has 0 atom stereocenters. The molecule has 1 nitrogen and oxygen atoms in total. The van der Waals surface area contributed by atoms with E-state index in [1.54, 1.807) is 0 Å². The third-order valence-corrected chi connectivity index (χ3v) is 0. The Bertz CT molecular complexity index is 8.49. The molecule has 0 bridgehead atoms. The fourth-order valence-corrected chi connectivity index (χ4v) is 0. The Morgan fingerprint density at radius 3 is 0.375 bits per heavy atom. The number of hydrogen-bond donors (Lipinski definition) is 0. The van der Waals surface area contributed by atoms with E-state index in [0.29, 0.717) is 0 Å². The first-order valence-electron chi connectivity index (χ1n) is 0. The van der Waals surface area contributed by atoms with Crippen LogP contribution in [-0.4, -0.2) is 0 Å². The van der Waals surface area contributed by atoms with Crippen molar-refractivity contribution in [3.63, 3.8) is 0 Å². The van der Waals surface area contributed by atoms with Crippen LogP contribution >= 0.6 is 0 Å². The van der Waals surface area contributed by atoms with Gasteiger partial charge in [0.1, 0.15) is 0 Å². The van der Waals surface area contributed by atoms with Gasteiger partial charge >= 0.3 is 0 Å². The normalized spacial score (nSPS) is 0. The largest absolute Gasteiger partial charge is 1.00 e. The first kappa shape index (κ1) is 163. The zero-order chi connectivity index (χ0) is 0. The minimum atomic E-state index is 0. The minimum absolute atomic E-state index is 0. The molecule has 0 rings (SSSR count). The summed E-state index contributed by atoms with van der Waals surface area (Å²) in [6.07, 6.45) is 0. The molecule has 0 aliphatic heterocycles. The standard InChI is InChI=1S/6ClH.H2N.Re/h6*1H;1H2;/q;;;;;;-1;/p-6. The molecule has 0 aromatic carbocycles. The number of halogens is 6. The van der Waals surface area contributed by atoms with Crippen LogP contribution in [-0.2, 0) is 20.4 Å². The molecule has 0 heterocycles. The molecule has 0 aliphatic carbocycles. The summed E-state index contributed by atoms with van der Waals surface area (Å²) in [6.45, 7) is 0. The summed E-state index contributed by atoms with van der Waals surface area (Å²) >= 11 is 0. The van der Waals surface area contributed by atoms with Crippen molar-refractivity contribution in [1.29, 1.82) is 0 Å². The molecule has 2 N–H and O–H groups in total. The van der Waals surface area contributed by atoms with E-state index >= 15 is 0 Å². The Kier molecular flexibility index (Phi) is 2390. The van der Waals surface area contributed by atoms with Gasteiger partial charge < -0.3 is 80.6 Å². The first-order valence-corrected chi connectivity index (χ1v) is 0. The van der Waals surface area contributed by atoms with Crippen LogP contribution < -0.4 is 74.4 Å². The molecule has 0 fully saturated rings. The van der Waals surface area contributed by atoms with Crippen LogP contribution in [0.5, 0.6) is 0 Å². The molecule has 0 aromatic heterocycles. The quantitative estimate of drug-likeness (QED) is 0.377. The summed E-state index contributed by atoms with van der Waals surface area (Å²) in [6, 6.07) is 0. The molecular weight excluding hydrogens is 413 g/mol. The number of nitrogens with two attached hydrogens (primary N) is 1. The molecule has 0 unspecified atom stereocenters. The third kappa shape index (κ3) is 81.2. The number of rotatable bonds is 0. The van der Waals surface area contributed by atoms with Crippen molar-refractivity contribution in [3.05, 3.63) is 6.15 Å². The van der Waals surface area contributed by atoms with Gasteiger partial charge in [0.05, 0.1) is 0 Å². The summed E-state index contributed by atoms with van der Waals surface area (Å²) in [5.74, 6) is 0. The Morgan fingerprint density at radius 2 is 0.375 bits per heavy atom. The molecule has 0 spiro atoms. The summed E-state index contributed by atoms with van der Waals surface area (Å²) in [5, 5.41) is 0. The van der Waals surface area contributed by atoms with Gasteiger partial charge in [-0.3, -0.25) is 0 Å². The molecule has 0 aliphatic rings. The van der Waals surface area contributed by atoms with Gasteiger partial charge in [0.15, 0.2) is 0 Å². The van der Waals surface area contributed by atoms with Crippen molar-refractivity contribution in [2.45, 2.75) is 0 Å². The monoisotopic (exact) mass is 413 g/mol. The summed E-state index contributed by atoms with van der Waals surface area (Å²) in [4.78, 5) is 0. The maximum Gasteiger partial charge on any atom is 0 e. The zero-order valence-electron chi connectivity index (χ0n) is 3.22. The average Bonchev–Trinajstić information content (AvgIpc) is 0. The van der Waals surface area contributed by atoms with Crippen molar-refractivity contribution in [1.82, 2.24) is 0 Å². The van der Waals surface area contributed by atoms with Crippen molar-refractivity contribution in [2.24, 2.45) is 0 Å². The van der Waals surface area contributed by atoms with Gasteiger partial charge in [-0.2, -0.15) is 0 Å². The molecule has 0 saturated heterocycles. The van der Waals surface area contributed by atoms with Gasteiger partial charge in [-0.15, -0.1) is 0 Å². The Hall–Kier alpha value is 2.36.